The molecule has 1 aromatic rings. The maximum atomic E-state index is 12.4. The van der Waals surface area contributed by atoms with Gasteiger partial charge in [-0.3, -0.25) is 0 Å². The Kier molecular flexibility index (Phi) is 5.18. The van der Waals surface area contributed by atoms with Gasteiger partial charge in [-0.1, -0.05) is 24.3 Å². The number of aryl methyl sites for hydroxylation is 1. The average Bonchev–Trinajstić information content (AvgIpc) is 2.91. The summed E-state index contributed by atoms with van der Waals surface area (Å²) in [6, 6.07) is 7.67. The highest BCUT2D eigenvalue weighted by Crippen LogP contribution is 2.14. The molecule has 0 atom stereocenters. The molecule has 0 aliphatic carbocycles. The minimum absolute atomic E-state index is 0.0934. The Morgan fingerprint density at radius 1 is 1.20 bits per heavy atom. The summed E-state index contributed by atoms with van der Waals surface area (Å²) in [5, 5.41) is 0. The molecule has 1 aromatic carbocycles. The van der Waals surface area contributed by atoms with E-state index in [4.69, 9.17) is 0 Å². The van der Waals surface area contributed by atoms with Gasteiger partial charge in [0.05, 0.1) is 5.75 Å². The number of hydrogen-bond donors (Lipinski definition) is 0. The van der Waals surface area contributed by atoms with E-state index in [1.54, 1.807) is 7.05 Å². The predicted molar refractivity (Wildman–Crippen MR) is 82.1 cm³/mol. The number of hydrogen-bond acceptors (Lipinski definition) is 3. The van der Waals surface area contributed by atoms with Crippen LogP contribution < -0.4 is 0 Å². The molecular weight excluding hydrogens is 272 g/mol. The van der Waals surface area contributed by atoms with Crippen molar-refractivity contribution in [3.8, 4) is 0 Å². The molecule has 2 rings (SSSR count). The van der Waals surface area contributed by atoms with E-state index >= 15 is 0 Å². The van der Waals surface area contributed by atoms with Gasteiger partial charge < -0.3 is 4.90 Å². The van der Waals surface area contributed by atoms with E-state index < -0.39 is 10.0 Å². The molecule has 0 saturated carbocycles. The molecule has 1 aliphatic rings. The van der Waals surface area contributed by atoms with Gasteiger partial charge in [-0.2, -0.15) is 0 Å². The lowest BCUT2D eigenvalue weighted by Gasteiger charge is -2.21. The fourth-order valence-electron chi connectivity index (χ4n) is 2.51. The third-order valence-corrected chi connectivity index (χ3v) is 5.81. The highest BCUT2D eigenvalue weighted by atomic mass is 32.2. The zero-order valence-corrected chi connectivity index (χ0v) is 13.2. The van der Waals surface area contributed by atoms with Crippen molar-refractivity contribution in [1.82, 2.24) is 9.21 Å². The van der Waals surface area contributed by atoms with Gasteiger partial charge >= 0.3 is 0 Å². The molecule has 0 amide bonds. The molecule has 1 saturated heterocycles. The first-order valence-electron chi connectivity index (χ1n) is 7.20. The monoisotopic (exact) mass is 296 g/mol. The van der Waals surface area contributed by atoms with Crippen molar-refractivity contribution in [2.45, 2.75) is 25.5 Å². The molecule has 112 valence electrons. The van der Waals surface area contributed by atoms with E-state index in [-0.39, 0.29) is 5.75 Å². The van der Waals surface area contributed by atoms with Crippen LogP contribution in [0.15, 0.2) is 24.3 Å². The summed E-state index contributed by atoms with van der Waals surface area (Å²) < 4.78 is 26.2. The summed E-state index contributed by atoms with van der Waals surface area (Å²) in [7, 11) is -1.54. The number of likely N-dealkylation sites (tertiary alicyclic amines) is 1. The number of sulfonamides is 1. The van der Waals surface area contributed by atoms with E-state index in [0.29, 0.717) is 6.54 Å². The maximum Gasteiger partial charge on any atom is 0.218 e. The topological polar surface area (TPSA) is 40.6 Å². The fraction of sp³-hybridized carbons (Fsp3) is 0.600. The van der Waals surface area contributed by atoms with Gasteiger partial charge in [0.2, 0.25) is 10.0 Å². The van der Waals surface area contributed by atoms with Gasteiger partial charge in [-0.15, -0.1) is 0 Å². The van der Waals surface area contributed by atoms with Crippen molar-refractivity contribution < 1.29 is 8.42 Å². The minimum atomic E-state index is -3.22. The molecule has 1 heterocycles. The fourth-order valence-corrected chi connectivity index (χ4v) is 3.80. The first-order valence-corrected chi connectivity index (χ1v) is 8.81. The Morgan fingerprint density at radius 3 is 2.50 bits per heavy atom. The van der Waals surface area contributed by atoms with Crippen LogP contribution in [0.5, 0.6) is 0 Å². The summed E-state index contributed by atoms with van der Waals surface area (Å²) in [6.45, 7) is 5.57. The van der Waals surface area contributed by atoms with E-state index in [1.165, 1.54) is 17.1 Å². The third-order valence-electron chi connectivity index (χ3n) is 4.00. The SMILES string of the molecule is Cc1ccccc1CS(=O)(=O)N(C)CCN1CCCC1. The van der Waals surface area contributed by atoms with Gasteiger partial charge in [0.15, 0.2) is 0 Å². The number of benzene rings is 1. The molecule has 0 N–H and O–H groups in total. The molecule has 0 spiro atoms. The molecule has 1 fully saturated rings. The number of rotatable bonds is 6. The van der Waals surface area contributed by atoms with Crippen molar-refractivity contribution >= 4 is 10.0 Å². The van der Waals surface area contributed by atoms with Gasteiger partial charge in [0.1, 0.15) is 0 Å². The lowest BCUT2D eigenvalue weighted by Crippen LogP contribution is -2.35. The minimum Gasteiger partial charge on any atom is -0.302 e. The Hall–Kier alpha value is -0.910. The van der Waals surface area contributed by atoms with E-state index in [9.17, 15) is 8.42 Å². The van der Waals surface area contributed by atoms with Crippen LogP contribution in [-0.4, -0.2) is 50.8 Å². The Balaban J connectivity index is 1.93. The second-order valence-corrected chi connectivity index (χ2v) is 7.63. The van der Waals surface area contributed by atoms with Crippen LogP contribution in [0.3, 0.4) is 0 Å². The molecule has 0 unspecified atom stereocenters. The molecule has 1 aliphatic heterocycles. The van der Waals surface area contributed by atoms with Crippen LogP contribution in [0, 0.1) is 6.92 Å². The standard InChI is InChI=1S/C15H24N2O2S/c1-14-7-3-4-8-15(14)13-20(18,19)16(2)11-12-17-9-5-6-10-17/h3-4,7-8H,5-6,9-13H2,1-2H3. The lowest BCUT2D eigenvalue weighted by atomic mass is 10.1. The zero-order valence-electron chi connectivity index (χ0n) is 12.4. The second-order valence-electron chi connectivity index (χ2n) is 5.55. The molecule has 0 aromatic heterocycles. The van der Waals surface area contributed by atoms with Gasteiger partial charge in [0, 0.05) is 20.1 Å². The molecule has 0 radical (unpaired) electrons. The Morgan fingerprint density at radius 2 is 1.85 bits per heavy atom. The molecule has 4 nitrogen and oxygen atoms in total. The summed E-state index contributed by atoms with van der Waals surface area (Å²) in [5.74, 6) is 0.0934. The van der Waals surface area contributed by atoms with Crippen molar-refractivity contribution in [1.29, 1.82) is 0 Å². The summed E-state index contributed by atoms with van der Waals surface area (Å²) in [6.07, 6.45) is 2.47. The van der Waals surface area contributed by atoms with Crippen LogP contribution in [0.4, 0.5) is 0 Å². The van der Waals surface area contributed by atoms with Crippen molar-refractivity contribution in [3.05, 3.63) is 35.4 Å². The van der Waals surface area contributed by atoms with Crippen LogP contribution in [0.25, 0.3) is 0 Å². The summed E-state index contributed by atoms with van der Waals surface area (Å²) in [5.41, 5.74) is 1.92. The van der Waals surface area contributed by atoms with Crippen molar-refractivity contribution in [2.75, 3.05) is 33.2 Å². The quantitative estimate of drug-likeness (QED) is 0.804. The van der Waals surface area contributed by atoms with Gasteiger partial charge in [-0.25, -0.2) is 12.7 Å². The van der Waals surface area contributed by atoms with E-state index in [2.05, 4.69) is 4.90 Å². The Labute approximate surface area is 122 Å². The van der Waals surface area contributed by atoms with Gasteiger partial charge in [0.25, 0.3) is 0 Å². The summed E-state index contributed by atoms with van der Waals surface area (Å²) >= 11 is 0. The summed E-state index contributed by atoms with van der Waals surface area (Å²) in [4.78, 5) is 2.33. The number of nitrogens with zero attached hydrogens (tertiary/aromatic N) is 2. The van der Waals surface area contributed by atoms with Gasteiger partial charge in [-0.05, 0) is 44.0 Å². The normalized spacial score (nSPS) is 16.9. The molecule has 20 heavy (non-hydrogen) atoms. The lowest BCUT2D eigenvalue weighted by molar-refractivity contribution is 0.310. The van der Waals surface area contributed by atoms with Crippen LogP contribution >= 0.6 is 0 Å². The van der Waals surface area contributed by atoms with Crippen molar-refractivity contribution in [3.63, 3.8) is 0 Å². The zero-order chi connectivity index (χ0) is 14.6. The Bertz CT molecular complexity index is 537. The second kappa shape index (κ2) is 6.70. The molecule has 0 bridgehead atoms. The number of likely N-dealkylation sites (N-methyl/N-ethyl adjacent to an activating group) is 1. The molecular formula is C15H24N2O2S. The first-order chi connectivity index (χ1) is 9.49. The first kappa shape index (κ1) is 15.5. The largest absolute Gasteiger partial charge is 0.302 e. The highest BCUT2D eigenvalue weighted by molar-refractivity contribution is 7.88. The average molecular weight is 296 g/mol. The maximum absolute atomic E-state index is 12.4. The highest BCUT2D eigenvalue weighted by Gasteiger charge is 2.20. The smallest absolute Gasteiger partial charge is 0.218 e. The predicted octanol–water partition coefficient (Wildman–Crippen LogP) is 1.85. The molecule has 5 heteroatoms. The third kappa shape index (κ3) is 4.04. The van der Waals surface area contributed by atoms with Crippen LogP contribution in [0.1, 0.15) is 24.0 Å². The van der Waals surface area contributed by atoms with Crippen LogP contribution in [-0.2, 0) is 15.8 Å². The van der Waals surface area contributed by atoms with Crippen molar-refractivity contribution in [2.24, 2.45) is 0 Å². The van der Waals surface area contributed by atoms with Crippen LogP contribution in [0.2, 0.25) is 0 Å². The van der Waals surface area contributed by atoms with E-state index in [1.807, 2.05) is 31.2 Å². The van der Waals surface area contributed by atoms with E-state index in [0.717, 1.165) is 30.8 Å².